The van der Waals surface area contributed by atoms with Crippen LogP contribution in [-0.4, -0.2) is 26.1 Å². The van der Waals surface area contributed by atoms with E-state index in [4.69, 9.17) is 4.74 Å². The van der Waals surface area contributed by atoms with Gasteiger partial charge in [0.25, 0.3) is 0 Å². The second kappa shape index (κ2) is 8.93. The molecule has 0 aromatic heterocycles. The van der Waals surface area contributed by atoms with Crippen LogP contribution in [0.25, 0.3) is 0 Å². The van der Waals surface area contributed by atoms with Crippen molar-refractivity contribution in [1.82, 2.24) is 10.6 Å². The zero-order chi connectivity index (χ0) is 14.1. The van der Waals surface area contributed by atoms with Crippen LogP contribution in [0.15, 0.2) is 22.7 Å². The van der Waals surface area contributed by atoms with Crippen LogP contribution < -0.4 is 15.4 Å². The molecule has 4 nitrogen and oxygen atoms in total. The van der Waals surface area contributed by atoms with Gasteiger partial charge in [-0.15, -0.1) is 0 Å². The highest BCUT2D eigenvalue weighted by molar-refractivity contribution is 9.10. The molecule has 106 valence electrons. The fourth-order valence-corrected chi connectivity index (χ4v) is 2.07. The van der Waals surface area contributed by atoms with Crippen molar-refractivity contribution in [2.24, 2.45) is 0 Å². The molecular formula is C14H21BrN2O2. The summed E-state index contributed by atoms with van der Waals surface area (Å²) in [6, 6.07) is 5.89. The molecule has 0 aliphatic heterocycles. The summed E-state index contributed by atoms with van der Waals surface area (Å²) >= 11 is 3.44. The first kappa shape index (κ1) is 16.0. The number of methoxy groups -OCH3 is 1. The molecule has 0 aliphatic carbocycles. The van der Waals surface area contributed by atoms with Crippen molar-refractivity contribution in [2.75, 3.05) is 20.2 Å². The number of halogens is 1. The Morgan fingerprint density at radius 2 is 2.16 bits per heavy atom. The standard InChI is InChI=1S/C14H21BrN2O2/c1-3-7-17-14(18)6-8-16-10-11-9-12(15)4-5-13(11)19-2/h4-5,9,16H,3,6-8,10H2,1-2H3,(H,17,18). The van der Waals surface area contributed by atoms with Crippen LogP contribution in [0.2, 0.25) is 0 Å². The van der Waals surface area contributed by atoms with Gasteiger partial charge < -0.3 is 15.4 Å². The number of carbonyl (C=O) groups excluding carboxylic acids is 1. The van der Waals surface area contributed by atoms with E-state index in [9.17, 15) is 4.79 Å². The molecule has 0 atom stereocenters. The number of ether oxygens (including phenoxy) is 1. The molecule has 1 rings (SSSR count). The van der Waals surface area contributed by atoms with Gasteiger partial charge in [-0.2, -0.15) is 0 Å². The van der Waals surface area contributed by atoms with Crippen molar-refractivity contribution in [2.45, 2.75) is 26.3 Å². The van der Waals surface area contributed by atoms with Crippen molar-refractivity contribution >= 4 is 21.8 Å². The predicted octanol–water partition coefficient (Wildman–Crippen LogP) is 2.46. The van der Waals surface area contributed by atoms with Gasteiger partial charge in [0.05, 0.1) is 7.11 Å². The molecule has 0 saturated heterocycles. The summed E-state index contributed by atoms with van der Waals surface area (Å²) in [6.07, 6.45) is 1.46. The normalized spacial score (nSPS) is 10.3. The van der Waals surface area contributed by atoms with Crippen molar-refractivity contribution in [3.63, 3.8) is 0 Å². The van der Waals surface area contributed by atoms with Crippen LogP contribution in [0.1, 0.15) is 25.3 Å². The van der Waals surface area contributed by atoms with E-state index in [1.165, 1.54) is 0 Å². The number of nitrogens with one attached hydrogen (secondary N) is 2. The minimum Gasteiger partial charge on any atom is -0.496 e. The molecular weight excluding hydrogens is 308 g/mol. The molecule has 5 heteroatoms. The summed E-state index contributed by atoms with van der Waals surface area (Å²) in [7, 11) is 1.66. The Morgan fingerprint density at radius 1 is 1.37 bits per heavy atom. The minimum absolute atomic E-state index is 0.0931. The third-order valence-corrected chi connectivity index (χ3v) is 3.15. The number of rotatable bonds is 8. The van der Waals surface area contributed by atoms with E-state index in [1.54, 1.807) is 7.11 Å². The Balaban J connectivity index is 2.33. The maximum absolute atomic E-state index is 11.4. The molecule has 0 radical (unpaired) electrons. The fraction of sp³-hybridized carbons (Fsp3) is 0.500. The van der Waals surface area contributed by atoms with Crippen LogP contribution in [0.5, 0.6) is 5.75 Å². The van der Waals surface area contributed by atoms with E-state index in [-0.39, 0.29) is 5.91 Å². The Kier molecular flexibility index (Phi) is 7.52. The third-order valence-electron chi connectivity index (χ3n) is 2.66. The number of hydrogen-bond acceptors (Lipinski definition) is 3. The lowest BCUT2D eigenvalue weighted by atomic mass is 10.2. The van der Waals surface area contributed by atoms with Gasteiger partial charge in [0.1, 0.15) is 5.75 Å². The monoisotopic (exact) mass is 328 g/mol. The first-order valence-electron chi connectivity index (χ1n) is 6.47. The van der Waals surface area contributed by atoms with Crippen LogP contribution >= 0.6 is 15.9 Å². The largest absolute Gasteiger partial charge is 0.496 e. The summed E-state index contributed by atoms with van der Waals surface area (Å²) in [5, 5.41) is 6.10. The summed E-state index contributed by atoms with van der Waals surface area (Å²) in [4.78, 5) is 11.4. The van der Waals surface area contributed by atoms with Gasteiger partial charge in [-0.1, -0.05) is 22.9 Å². The molecule has 0 fully saturated rings. The van der Waals surface area contributed by atoms with Crippen molar-refractivity contribution in [3.8, 4) is 5.75 Å². The average molecular weight is 329 g/mol. The quantitative estimate of drug-likeness (QED) is 0.721. The average Bonchev–Trinajstić information content (AvgIpc) is 2.41. The highest BCUT2D eigenvalue weighted by Crippen LogP contribution is 2.22. The van der Waals surface area contributed by atoms with E-state index < -0.39 is 0 Å². The van der Waals surface area contributed by atoms with Crippen LogP contribution in [0.4, 0.5) is 0 Å². The summed E-state index contributed by atoms with van der Waals surface area (Å²) in [5.74, 6) is 0.946. The van der Waals surface area contributed by atoms with E-state index in [1.807, 2.05) is 25.1 Å². The highest BCUT2D eigenvalue weighted by Gasteiger charge is 2.04. The number of amides is 1. The molecule has 0 heterocycles. The van der Waals surface area contributed by atoms with Gasteiger partial charge in [-0.25, -0.2) is 0 Å². The molecule has 19 heavy (non-hydrogen) atoms. The summed E-state index contributed by atoms with van der Waals surface area (Å²) < 4.78 is 6.31. The second-order valence-electron chi connectivity index (χ2n) is 4.23. The molecule has 1 amide bonds. The SMILES string of the molecule is CCCNC(=O)CCNCc1cc(Br)ccc1OC. The maximum atomic E-state index is 11.4. The van der Waals surface area contributed by atoms with Crippen LogP contribution in [-0.2, 0) is 11.3 Å². The molecule has 0 unspecified atom stereocenters. The molecule has 1 aromatic carbocycles. The summed E-state index contributed by atoms with van der Waals surface area (Å²) in [6.45, 7) is 4.13. The second-order valence-corrected chi connectivity index (χ2v) is 5.15. The first-order chi connectivity index (χ1) is 9.17. The van der Waals surface area contributed by atoms with E-state index in [0.717, 1.165) is 28.8 Å². The fourth-order valence-electron chi connectivity index (χ4n) is 1.66. The van der Waals surface area contributed by atoms with Crippen molar-refractivity contribution < 1.29 is 9.53 Å². The van der Waals surface area contributed by atoms with Gasteiger partial charge in [-0.05, 0) is 24.6 Å². The van der Waals surface area contributed by atoms with Crippen LogP contribution in [0, 0.1) is 0 Å². The van der Waals surface area contributed by atoms with Gasteiger partial charge in [0.15, 0.2) is 0 Å². The van der Waals surface area contributed by atoms with E-state index in [0.29, 0.717) is 19.5 Å². The van der Waals surface area contributed by atoms with Crippen molar-refractivity contribution in [3.05, 3.63) is 28.2 Å². The lowest BCUT2D eigenvalue weighted by Crippen LogP contribution is -2.28. The zero-order valence-electron chi connectivity index (χ0n) is 11.5. The topological polar surface area (TPSA) is 50.4 Å². The molecule has 0 aliphatic rings. The molecule has 0 bridgehead atoms. The molecule has 1 aromatic rings. The summed E-state index contributed by atoms with van der Waals surface area (Å²) in [5.41, 5.74) is 1.07. The van der Waals surface area contributed by atoms with Gasteiger partial charge in [0, 0.05) is 36.1 Å². The smallest absolute Gasteiger partial charge is 0.221 e. The highest BCUT2D eigenvalue weighted by atomic mass is 79.9. The lowest BCUT2D eigenvalue weighted by Gasteiger charge is -2.10. The number of hydrogen-bond donors (Lipinski definition) is 2. The van der Waals surface area contributed by atoms with Gasteiger partial charge >= 0.3 is 0 Å². The zero-order valence-corrected chi connectivity index (χ0v) is 13.0. The third kappa shape index (κ3) is 6.07. The van der Waals surface area contributed by atoms with Gasteiger partial charge in [-0.3, -0.25) is 4.79 Å². The number of benzene rings is 1. The molecule has 2 N–H and O–H groups in total. The predicted molar refractivity (Wildman–Crippen MR) is 80.3 cm³/mol. The van der Waals surface area contributed by atoms with E-state index >= 15 is 0 Å². The van der Waals surface area contributed by atoms with Crippen LogP contribution in [0.3, 0.4) is 0 Å². The maximum Gasteiger partial charge on any atom is 0.221 e. The van der Waals surface area contributed by atoms with E-state index in [2.05, 4.69) is 26.6 Å². The Bertz CT molecular complexity index is 410. The van der Waals surface area contributed by atoms with Crippen molar-refractivity contribution in [1.29, 1.82) is 0 Å². The molecule has 0 spiro atoms. The minimum atomic E-state index is 0.0931. The lowest BCUT2D eigenvalue weighted by molar-refractivity contribution is -0.120. The Morgan fingerprint density at radius 3 is 2.84 bits per heavy atom. The number of carbonyl (C=O) groups is 1. The Hall–Kier alpha value is -1.07. The molecule has 0 saturated carbocycles. The van der Waals surface area contributed by atoms with Gasteiger partial charge in [0.2, 0.25) is 5.91 Å². The Labute approximate surface area is 123 Å². The first-order valence-corrected chi connectivity index (χ1v) is 7.26.